The van der Waals surface area contributed by atoms with Crippen LogP contribution in [0.4, 0.5) is 0 Å². The summed E-state index contributed by atoms with van der Waals surface area (Å²) in [6, 6.07) is 48.5. The van der Waals surface area contributed by atoms with Crippen LogP contribution in [0.1, 0.15) is 16.7 Å². The van der Waals surface area contributed by atoms with Crippen LogP contribution >= 0.6 is 0 Å². The molecule has 11 aromatic rings. The largest absolute Gasteiger partial charge is 2.00 e. The molecule has 0 spiro atoms. The van der Waals surface area contributed by atoms with Gasteiger partial charge in [-0.25, -0.2) is 4.98 Å². The van der Waals surface area contributed by atoms with Gasteiger partial charge < -0.3 is 13.5 Å². The second-order valence-corrected chi connectivity index (χ2v) is 14.4. The number of aromatic nitrogens is 6. The first-order chi connectivity index (χ1) is 27.5. The van der Waals surface area contributed by atoms with Gasteiger partial charge in [0.05, 0.1) is 39.4 Å². The van der Waals surface area contributed by atoms with Gasteiger partial charge in [0.2, 0.25) is 0 Å². The third-order valence-corrected chi connectivity index (χ3v) is 10.7. The molecule has 0 fully saturated rings. The summed E-state index contributed by atoms with van der Waals surface area (Å²) in [5.74, 6) is 1.10. The molecule has 0 bridgehead atoms. The van der Waals surface area contributed by atoms with Crippen molar-refractivity contribution >= 4 is 54.9 Å². The SMILES string of the molecule is Cc1cc(C)c(-c2cn3c(n2)c2[c-]c(Oc4[c-]c5c(cc4)c4ncccc4n4c(-c6ccccc6)c(-c6ccccc6)nc54)ccc2c2cccnc23)c(C)c1.[Pt+2]. The number of hydrogen-bond acceptors (Lipinski definition) is 5. The molecule has 0 N–H and O–H groups in total. The van der Waals surface area contributed by atoms with E-state index in [0.717, 1.165) is 88.7 Å². The van der Waals surface area contributed by atoms with Gasteiger partial charge in [0.25, 0.3) is 0 Å². The molecule has 7 nitrogen and oxygen atoms in total. The Kier molecular flexibility index (Phi) is 8.24. The van der Waals surface area contributed by atoms with E-state index < -0.39 is 0 Å². The van der Waals surface area contributed by atoms with Crippen LogP contribution in [-0.2, 0) is 21.1 Å². The van der Waals surface area contributed by atoms with E-state index in [-0.39, 0.29) is 21.1 Å². The van der Waals surface area contributed by atoms with Gasteiger partial charge in [-0.1, -0.05) is 130 Å². The van der Waals surface area contributed by atoms with Crippen LogP contribution < -0.4 is 4.74 Å². The van der Waals surface area contributed by atoms with Crippen molar-refractivity contribution in [2.45, 2.75) is 20.8 Å². The molecular weight excluding hydrogens is 884 g/mol. The van der Waals surface area contributed by atoms with Crippen molar-refractivity contribution in [3.63, 3.8) is 0 Å². The monoisotopic (exact) mass is 915 g/mol. The summed E-state index contributed by atoms with van der Waals surface area (Å²) in [6.07, 6.45) is 5.75. The molecule has 6 heterocycles. The maximum atomic E-state index is 6.64. The molecule has 11 rings (SSSR count). The number of nitrogens with zero attached hydrogens (tertiary/aromatic N) is 6. The molecule has 0 atom stereocenters. The van der Waals surface area contributed by atoms with Crippen LogP contribution in [0.25, 0.3) is 88.7 Å². The first-order valence-corrected chi connectivity index (χ1v) is 18.6. The van der Waals surface area contributed by atoms with E-state index in [2.05, 4.69) is 121 Å². The Morgan fingerprint density at radius 3 is 1.96 bits per heavy atom. The van der Waals surface area contributed by atoms with Crippen molar-refractivity contribution in [2.75, 3.05) is 0 Å². The molecule has 6 aromatic heterocycles. The first-order valence-electron chi connectivity index (χ1n) is 18.6. The minimum Gasteiger partial charge on any atom is -0.497 e. The fourth-order valence-corrected chi connectivity index (χ4v) is 8.45. The van der Waals surface area contributed by atoms with Crippen molar-refractivity contribution in [3.05, 3.63) is 169 Å². The van der Waals surface area contributed by atoms with Crippen LogP contribution in [0.15, 0.2) is 140 Å². The fourth-order valence-electron chi connectivity index (χ4n) is 8.45. The van der Waals surface area contributed by atoms with Gasteiger partial charge in [0.15, 0.2) is 0 Å². The number of pyridine rings is 4. The number of benzene rings is 5. The molecule has 5 aromatic carbocycles. The second kappa shape index (κ2) is 13.5. The normalized spacial score (nSPS) is 11.6. The van der Waals surface area contributed by atoms with E-state index in [1.54, 1.807) is 0 Å². The standard InChI is InChI=1S/C49H32N6O.Pt/c1-29-24-30(2)43(31(3)25-29)41-28-54-47-38(16-10-23-51-47)36-20-18-34(26-39(36)48(54)52-41)56-35-19-21-37-40(27-35)49-53-44(32-12-6-4-7-13-32)46(33-14-8-5-9-15-33)55(49)42-17-11-22-50-45(37)42;/h4-25,28H,1-3H3;/q-2;+2. The van der Waals surface area contributed by atoms with Gasteiger partial charge in [-0.15, -0.1) is 12.1 Å². The van der Waals surface area contributed by atoms with Gasteiger partial charge in [-0.3, -0.25) is 15.0 Å². The number of aryl methyl sites for hydroxylation is 3. The Morgan fingerprint density at radius 1 is 0.579 bits per heavy atom. The summed E-state index contributed by atoms with van der Waals surface area (Å²) < 4.78 is 10.9. The maximum Gasteiger partial charge on any atom is 2.00 e. The van der Waals surface area contributed by atoms with Crippen molar-refractivity contribution < 1.29 is 25.8 Å². The molecule has 0 saturated heterocycles. The van der Waals surface area contributed by atoms with Crippen molar-refractivity contribution in [1.29, 1.82) is 0 Å². The van der Waals surface area contributed by atoms with Gasteiger partial charge in [-0.05, 0) is 61.0 Å². The molecule has 274 valence electrons. The van der Waals surface area contributed by atoms with E-state index in [1.165, 1.54) is 16.7 Å². The first kappa shape index (κ1) is 34.8. The zero-order valence-corrected chi connectivity index (χ0v) is 33.5. The van der Waals surface area contributed by atoms with Crippen molar-refractivity contribution in [3.8, 4) is 45.3 Å². The zero-order valence-electron chi connectivity index (χ0n) is 31.2. The number of fused-ring (bicyclic) bond motifs is 12. The number of imidazole rings is 2. The molecule has 0 aliphatic carbocycles. The summed E-state index contributed by atoms with van der Waals surface area (Å²) in [7, 11) is 0. The third-order valence-electron chi connectivity index (χ3n) is 10.7. The average molecular weight is 916 g/mol. The number of ether oxygens (including phenoxy) is 1. The van der Waals surface area contributed by atoms with E-state index in [9.17, 15) is 0 Å². The van der Waals surface area contributed by atoms with Crippen LogP contribution in [0, 0.1) is 32.9 Å². The smallest absolute Gasteiger partial charge is 0.497 e. The van der Waals surface area contributed by atoms with E-state index in [1.807, 2.05) is 60.9 Å². The van der Waals surface area contributed by atoms with Crippen LogP contribution in [0.2, 0.25) is 0 Å². The molecule has 8 heteroatoms. The third kappa shape index (κ3) is 5.53. The molecule has 0 aliphatic rings. The summed E-state index contributed by atoms with van der Waals surface area (Å²) in [4.78, 5) is 20.3. The van der Waals surface area contributed by atoms with Crippen molar-refractivity contribution in [1.82, 2.24) is 28.7 Å². The number of rotatable bonds is 5. The summed E-state index contributed by atoms with van der Waals surface area (Å²) in [5.41, 5.74) is 13.8. The van der Waals surface area contributed by atoms with Gasteiger partial charge >= 0.3 is 21.1 Å². The van der Waals surface area contributed by atoms with Gasteiger partial charge in [0.1, 0.15) is 5.65 Å². The second-order valence-electron chi connectivity index (χ2n) is 14.4. The topological polar surface area (TPSA) is 69.6 Å². The Balaban J connectivity index is 0.00000396. The molecule has 0 unspecified atom stereocenters. The van der Waals surface area contributed by atoms with E-state index >= 15 is 0 Å². The fraction of sp³-hybridized carbons (Fsp3) is 0.0612. The molecule has 0 radical (unpaired) electrons. The predicted molar refractivity (Wildman–Crippen MR) is 224 cm³/mol. The molecule has 57 heavy (non-hydrogen) atoms. The minimum absolute atomic E-state index is 0. The minimum atomic E-state index is 0. The van der Waals surface area contributed by atoms with Gasteiger partial charge in [0, 0.05) is 41.2 Å². The quantitative estimate of drug-likeness (QED) is 0.127. The van der Waals surface area contributed by atoms with Crippen LogP contribution in [0.5, 0.6) is 11.5 Å². The number of hydrogen-bond donors (Lipinski definition) is 0. The zero-order chi connectivity index (χ0) is 37.5. The van der Waals surface area contributed by atoms with Crippen LogP contribution in [-0.4, -0.2) is 28.7 Å². The maximum absolute atomic E-state index is 6.64. The summed E-state index contributed by atoms with van der Waals surface area (Å²) in [6.45, 7) is 6.42. The van der Waals surface area contributed by atoms with Gasteiger partial charge in [-0.2, -0.15) is 0 Å². The van der Waals surface area contributed by atoms with E-state index in [0.29, 0.717) is 11.5 Å². The Morgan fingerprint density at radius 2 is 1.23 bits per heavy atom. The Labute approximate surface area is 342 Å². The predicted octanol–water partition coefficient (Wildman–Crippen LogP) is 11.7. The molecule has 0 saturated carbocycles. The summed E-state index contributed by atoms with van der Waals surface area (Å²) in [5, 5.41) is 4.63. The molecular formula is C49H32N6OPt. The van der Waals surface area contributed by atoms with Crippen LogP contribution in [0.3, 0.4) is 0 Å². The Hall–Kier alpha value is -6.69. The Bertz CT molecular complexity index is 3350. The average Bonchev–Trinajstić information content (AvgIpc) is 3.85. The van der Waals surface area contributed by atoms with E-state index in [4.69, 9.17) is 24.7 Å². The molecule has 0 amide bonds. The van der Waals surface area contributed by atoms with Crippen molar-refractivity contribution in [2.24, 2.45) is 0 Å². The summed E-state index contributed by atoms with van der Waals surface area (Å²) >= 11 is 0. The molecule has 0 aliphatic heterocycles.